The fourth-order valence-electron chi connectivity index (χ4n) is 5.37. The summed E-state index contributed by atoms with van der Waals surface area (Å²) in [7, 11) is 0. The van der Waals surface area contributed by atoms with Gasteiger partial charge in [0.2, 0.25) is 5.88 Å². The van der Waals surface area contributed by atoms with E-state index in [1.54, 1.807) is 23.0 Å². The number of carbonyl (C=O) groups is 2. The maximum Gasteiger partial charge on any atom is 0.272 e. The highest BCUT2D eigenvalue weighted by Crippen LogP contribution is 2.57. The maximum absolute atomic E-state index is 12.8. The third kappa shape index (κ3) is 4.24. The van der Waals surface area contributed by atoms with Crippen LogP contribution < -0.4 is 20.5 Å². The van der Waals surface area contributed by atoms with Crippen LogP contribution in [0.3, 0.4) is 0 Å². The molecular formula is C24H26F2N6O4. The third-order valence-corrected chi connectivity index (χ3v) is 7.29. The van der Waals surface area contributed by atoms with Gasteiger partial charge in [-0.15, -0.1) is 5.10 Å². The zero-order valence-electron chi connectivity index (χ0n) is 19.4. The second-order valence-electron chi connectivity index (χ2n) is 10.1. The van der Waals surface area contributed by atoms with Gasteiger partial charge in [-0.2, -0.15) is 5.10 Å². The molecule has 0 bridgehead atoms. The summed E-state index contributed by atoms with van der Waals surface area (Å²) in [5.41, 5.74) is 6.93. The Labute approximate surface area is 204 Å². The number of carbonyl (C=O) groups excluding carboxylic acids is 2. The van der Waals surface area contributed by atoms with E-state index in [9.17, 15) is 18.4 Å². The second kappa shape index (κ2) is 8.45. The highest BCUT2D eigenvalue weighted by atomic mass is 19.3. The van der Waals surface area contributed by atoms with E-state index in [4.69, 9.17) is 15.2 Å². The molecule has 2 amide bonds. The van der Waals surface area contributed by atoms with E-state index in [1.807, 2.05) is 0 Å². The number of alkyl halides is 2. The van der Waals surface area contributed by atoms with Crippen molar-refractivity contribution in [2.24, 2.45) is 11.1 Å². The average molecular weight is 501 g/mol. The lowest BCUT2D eigenvalue weighted by Crippen LogP contribution is -2.58. The number of nitrogens with zero attached hydrogens (tertiary/aromatic N) is 4. The van der Waals surface area contributed by atoms with Gasteiger partial charge in [-0.05, 0) is 56.1 Å². The Morgan fingerprint density at radius 3 is 2.64 bits per heavy atom. The molecule has 0 atom stereocenters. The van der Waals surface area contributed by atoms with Crippen molar-refractivity contribution in [3.8, 4) is 11.6 Å². The minimum Gasteiger partial charge on any atom is -0.486 e. The highest BCUT2D eigenvalue weighted by molar-refractivity contribution is 6.00. The van der Waals surface area contributed by atoms with E-state index >= 15 is 0 Å². The van der Waals surface area contributed by atoms with E-state index < -0.39 is 18.9 Å². The molecule has 3 heterocycles. The summed E-state index contributed by atoms with van der Waals surface area (Å²) in [5, 5.41) is 11.6. The molecule has 3 N–H and O–H groups in total. The number of primary amides is 1. The van der Waals surface area contributed by atoms with Gasteiger partial charge < -0.3 is 20.5 Å². The first-order valence-corrected chi connectivity index (χ1v) is 12.0. The van der Waals surface area contributed by atoms with Gasteiger partial charge in [-0.1, -0.05) is 0 Å². The molecular weight excluding hydrogens is 474 g/mol. The summed E-state index contributed by atoms with van der Waals surface area (Å²) < 4.78 is 38.9. The molecule has 12 heteroatoms. The van der Waals surface area contributed by atoms with Crippen LogP contribution >= 0.6 is 0 Å². The number of amides is 2. The second-order valence-corrected chi connectivity index (χ2v) is 10.1. The van der Waals surface area contributed by atoms with E-state index in [2.05, 4.69) is 15.5 Å². The van der Waals surface area contributed by atoms with E-state index in [0.29, 0.717) is 28.6 Å². The van der Waals surface area contributed by atoms with Crippen molar-refractivity contribution >= 4 is 17.3 Å². The molecule has 0 unspecified atom stereocenters. The van der Waals surface area contributed by atoms with Gasteiger partial charge in [0.05, 0.1) is 29.5 Å². The smallest absolute Gasteiger partial charge is 0.272 e. The minimum atomic E-state index is -2.57. The van der Waals surface area contributed by atoms with Crippen molar-refractivity contribution in [2.75, 3.05) is 6.61 Å². The topological polar surface area (TPSA) is 126 Å². The van der Waals surface area contributed by atoms with Gasteiger partial charge in [0.1, 0.15) is 24.0 Å². The van der Waals surface area contributed by atoms with Crippen LogP contribution in [0, 0.1) is 5.41 Å². The molecule has 10 nitrogen and oxygen atoms in total. The van der Waals surface area contributed by atoms with Crippen LogP contribution in [-0.4, -0.2) is 56.4 Å². The lowest BCUT2D eigenvalue weighted by Gasteiger charge is -2.57. The largest absolute Gasteiger partial charge is 0.486 e. The first-order valence-electron chi connectivity index (χ1n) is 12.0. The average Bonchev–Trinajstić information content (AvgIpc) is 3.41. The zero-order valence-corrected chi connectivity index (χ0v) is 19.4. The Morgan fingerprint density at radius 2 is 1.94 bits per heavy atom. The van der Waals surface area contributed by atoms with E-state index in [-0.39, 0.29) is 29.2 Å². The van der Waals surface area contributed by atoms with Crippen LogP contribution in [0.2, 0.25) is 0 Å². The van der Waals surface area contributed by atoms with Crippen LogP contribution in [0.4, 0.5) is 8.78 Å². The Morgan fingerprint density at radius 1 is 1.17 bits per heavy atom. The Bertz CT molecular complexity index is 1320. The predicted octanol–water partition coefficient (Wildman–Crippen LogP) is 2.73. The van der Waals surface area contributed by atoms with Gasteiger partial charge >= 0.3 is 0 Å². The molecule has 0 radical (unpaired) electrons. The molecule has 3 saturated carbocycles. The zero-order chi connectivity index (χ0) is 25.0. The van der Waals surface area contributed by atoms with E-state index in [1.165, 1.54) is 16.9 Å². The van der Waals surface area contributed by atoms with Gasteiger partial charge in [-0.3, -0.25) is 14.3 Å². The molecule has 1 spiro atoms. The van der Waals surface area contributed by atoms with Crippen molar-refractivity contribution in [2.45, 2.75) is 63.1 Å². The fraction of sp³-hybridized carbons (Fsp3) is 0.500. The van der Waals surface area contributed by atoms with Crippen molar-refractivity contribution in [1.29, 1.82) is 0 Å². The Balaban J connectivity index is 1.01. The molecule has 3 fully saturated rings. The molecule has 0 aromatic carbocycles. The first-order chi connectivity index (χ1) is 17.3. The van der Waals surface area contributed by atoms with Crippen LogP contribution in [0.5, 0.6) is 11.6 Å². The monoisotopic (exact) mass is 500 g/mol. The molecule has 3 aromatic rings. The summed E-state index contributed by atoms with van der Waals surface area (Å²) in [6, 6.07) is 3.56. The number of pyridine rings is 1. The van der Waals surface area contributed by atoms with Crippen molar-refractivity contribution in [3.63, 3.8) is 0 Å². The Kier molecular flexibility index (Phi) is 5.34. The van der Waals surface area contributed by atoms with Gasteiger partial charge in [0.25, 0.3) is 18.2 Å². The quantitative estimate of drug-likeness (QED) is 0.465. The fourth-order valence-corrected chi connectivity index (χ4v) is 5.37. The number of nitrogens with two attached hydrogens (primary N) is 1. The van der Waals surface area contributed by atoms with Crippen molar-refractivity contribution in [3.05, 3.63) is 41.9 Å². The summed E-state index contributed by atoms with van der Waals surface area (Å²) in [6.07, 6.45) is 7.49. The molecule has 0 saturated heterocycles. The minimum absolute atomic E-state index is 0.0246. The lowest BCUT2D eigenvalue weighted by atomic mass is 9.53. The summed E-state index contributed by atoms with van der Waals surface area (Å²) >= 11 is 0. The molecule has 36 heavy (non-hydrogen) atoms. The number of halogens is 2. The van der Waals surface area contributed by atoms with Crippen molar-refractivity contribution in [1.82, 2.24) is 24.7 Å². The number of aromatic nitrogens is 4. The van der Waals surface area contributed by atoms with E-state index in [0.717, 1.165) is 38.5 Å². The van der Waals surface area contributed by atoms with Crippen LogP contribution in [0.15, 0.2) is 30.7 Å². The van der Waals surface area contributed by atoms with Crippen LogP contribution in [0.25, 0.3) is 5.52 Å². The van der Waals surface area contributed by atoms with Crippen LogP contribution in [-0.2, 0) is 0 Å². The molecule has 3 aliphatic rings. The maximum atomic E-state index is 12.8. The van der Waals surface area contributed by atoms with Gasteiger partial charge in [0, 0.05) is 12.2 Å². The molecule has 3 aliphatic carbocycles. The normalized spacial score (nSPS) is 25.0. The molecule has 190 valence electrons. The molecule has 0 aliphatic heterocycles. The number of rotatable bonds is 9. The number of nitrogens with one attached hydrogen (secondary N) is 1. The first kappa shape index (κ1) is 22.7. The Hall–Kier alpha value is -3.70. The number of hydrogen-bond acceptors (Lipinski definition) is 6. The number of ether oxygens (including phenoxy) is 2. The summed E-state index contributed by atoms with van der Waals surface area (Å²) in [4.78, 5) is 24.6. The molecule has 3 aromatic heterocycles. The predicted molar refractivity (Wildman–Crippen MR) is 122 cm³/mol. The third-order valence-electron chi connectivity index (χ3n) is 7.29. The SMILES string of the molecule is NC(=O)c1cn(C2CC2)nc1O[C@H]1CC2(C[C@H](NC(=O)c3cnn4cc(OCC(F)F)ccc34)C2)C1. The number of fused-ring (bicyclic) bond motifs is 1. The van der Waals surface area contributed by atoms with Gasteiger partial charge in [-0.25, -0.2) is 13.3 Å². The highest BCUT2D eigenvalue weighted by Gasteiger charge is 2.54. The summed E-state index contributed by atoms with van der Waals surface area (Å²) in [5.74, 6) is -0.200. The molecule has 6 rings (SSSR count). The van der Waals surface area contributed by atoms with Crippen molar-refractivity contribution < 1.29 is 27.8 Å². The lowest BCUT2D eigenvalue weighted by molar-refractivity contribution is -0.0849. The van der Waals surface area contributed by atoms with Crippen LogP contribution in [0.1, 0.15) is 65.3 Å². The number of hydrogen-bond donors (Lipinski definition) is 2. The summed E-state index contributed by atoms with van der Waals surface area (Å²) in [6.45, 7) is -0.703. The standard InChI is InChI=1S/C24H26F2N6O4/c25-20(26)12-35-15-3-4-19-17(9-28-32(19)10-15)22(34)29-13-5-24(6-13)7-16(8-24)36-23-18(21(27)33)11-31(30-23)14-1-2-14/h3-4,9-11,13-14,16,20H,1-2,5-8,12H2,(H2,27,33)(H,29,34)/t13-,16-,24?. The van der Waals surface area contributed by atoms with Gasteiger partial charge in [0.15, 0.2) is 0 Å².